The molecule has 2 heterocycles. The number of pyridine rings is 1. The fraction of sp³-hybridized carbons (Fsp3) is 0.385. The number of hydrogen-bond acceptors (Lipinski definition) is 6. The van der Waals surface area contributed by atoms with Crippen LogP contribution in [0.5, 0.6) is 0 Å². The zero-order valence-electron chi connectivity index (χ0n) is 11.6. The van der Waals surface area contributed by atoms with Crippen molar-refractivity contribution in [3.8, 4) is 0 Å². The van der Waals surface area contributed by atoms with Gasteiger partial charge in [0.1, 0.15) is 10.8 Å². The Bertz CT molecular complexity index is 604. The third kappa shape index (κ3) is 4.45. The molecule has 0 aromatic carbocycles. The maximum atomic E-state index is 13.7. The van der Waals surface area contributed by atoms with E-state index in [1.54, 1.807) is 19.2 Å². The molecule has 2 aromatic rings. The average Bonchev–Trinajstić information content (AvgIpc) is 2.93. The van der Waals surface area contributed by atoms with Gasteiger partial charge >= 0.3 is 0 Å². The summed E-state index contributed by atoms with van der Waals surface area (Å²) in [6, 6.07) is 3.52. The fourth-order valence-electron chi connectivity index (χ4n) is 1.84. The number of carbonyl (C=O) groups is 1. The van der Waals surface area contributed by atoms with Crippen molar-refractivity contribution >= 4 is 28.7 Å². The minimum Gasteiger partial charge on any atom is -0.373 e. The highest BCUT2D eigenvalue weighted by Gasteiger charge is 2.06. The molecular formula is C13H16FN5OS. The summed E-state index contributed by atoms with van der Waals surface area (Å²) < 4.78 is 13.7. The highest BCUT2D eigenvalue weighted by molar-refractivity contribution is 7.15. The first-order chi connectivity index (χ1) is 10.2. The molecule has 0 aliphatic heterocycles. The summed E-state index contributed by atoms with van der Waals surface area (Å²) >= 11 is 1.35. The van der Waals surface area contributed by atoms with E-state index in [1.165, 1.54) is 11.3 Å². The quantitative estimate of drug-likeness (QED) is 0.444. The highest BCUT2D eigenvalue weighted by atomic mass is 32.1. The first-order valence-corrected chi connectivity index (χ1v) is 7.40. The molecule has 2 N–H and O–H groups in total. The van der Waals surface area contributed by atoms with Crippen LogP contribution in [0.1, 0.15) is 23.4 Å². The van der Waals surface area contributed by atoms with Crippen LogP contribution in [0.2, 0.25) is 0 Å². The Morgan fingerprint density at radius 1 is 1.29 bits per heavy atom. The van der Waals surface area contributed by atoms with Crippen LogP contribution in [0.3, 0.4) is 0 Å². The largest absolute Gasteiger partial charge is 0.373 e. The smallest absolute Gasteiger partial charge is 0.217 e. The zero-order valence-corrected chi connectivity index (χ0v) is 12.4. The third-order valence-corrected chi connectivity index (χ3v) is 3.83. The Labute approximate surface area is 125 Å². The zero-order chi connectivity index (χ0) is 15.1. The Balaban J connectivity index is 1.77. The lowest BCUT2D eigenvalue weighted by Gasteiger charge is -2.04. The molecule has 0 fully saturated rings. The first-order valence-electron chi connectivity index (χ1n) is 6.58. The standard InChI is InChI=1S/C13H16FN5OS/c1-15-10-7-6-9(12(14)17-10)4-2-3-5-11-18-19-13(21-11)16-8-20/h6-8H,2-5H2,1H3,(H,15,17)(H,16,19,20). The van der Waals surface area contributed by atoms with Gasteiger partial charge in [0.15, 0.2) is 0 Å². The van der Waals surface area contributed by atoms with Crippen LogP contribution < -0.4 is 10.6 Å². The second-order valence-electron chi connectivity index (χ2n) is 4.37. The lowest BCUT2D eigenvalue weighted by atomic mass is 10.1. The van der Waals surface area contributed by atoms with Gasteiger partial charge in [-0.15, -0.1) is 10.2 Å². The minimum atomic E-state index is -0.421. The number of amides is 1. The van der Waals surface area contributed by atoms with Gasteiger partial charge < -0.3 is 10.6 Å². The number of carbonyl (C=O) groups excluding carboxylic acids is 1. The molecule has 0 spiro atoms. The lowest BCUT2D eigenvalue weighted by molar-refractivity contribution is -0.105. The second-order valence-corrected chi connectivity index (χ2v) is 5.43. The van der Waals surface area contributed by atoms with E-state index >= 15 is 0 Å². The van der Waals surface area contributed by atoms with Crippen molar-refractivity contribution in [3.05, 3.63) is 28.7 Å². The van der Waals surface area contributed by atoms with Crippen molar-refractivity contribution in [2.24, 2.45) is 0 Å². The number of nitrogens with zero attached hydrogens (tertiary/aromatic N) is 3. The van der Waals surface area contributed by atoms with E-state index in [1.807, 2.05) is 0 Å². The van der Waals surface area contributed by atoms with E-state index in [2.05, 4.69) is 25.8 Å². The van der Waals surface area contributed by atoms with Crippen LogP contribution in [0.4, 0.5) is 15.3 Å². The Morgan fingerprint density at radius 2 is 2.10 bits per heavy atom. The number of rotatable bonds is 8. The molecule has 0 unspecified atom stereocenters. The van der Waals surface area contributed by atoms with Gasteiger partial charge in [-0.3, -0.25) is 4.79 Å². The molecule has 0 bridgehead atoms. The number of aryl methyl sites for hydroxylation is 2. The molecule has 0 atom stereocenters. The van der Waals surface area contributed by atoms with Crippen molar-refractivity contribution in [3.63, 3.8) is 0 Å². The van der Waals surface area contributed by atoms with Gasteiger partial charge in [0.05, 0.1) is 0 Å². The van der Waals surface area contributed by atoms with Crippen molar-refractivity contribution in [1.82, 2.24) is 15.2 Å². The van der Waals surface area contributed by atoms with Crippen molar-refractivity contribution in [2.75, 3.05) is 17.7 Å². The number of halogens is 1. The summed E-state index contributed by atoms with van der Waals surface area (Å²) in [6.07, 6.45) is 3.70. The molecular weight excluding hydrogens is 293 g/mol. The van der Waals surface area contributed by atoms with Crippen molar-refractivity contribution < 1.29 is 9.18 Å². The van der Waals surface area contributed by atoms with Crippen molar-refractivity contribution in [2.45, 2.75) is 25.7 Å². The second kappa shape index (κ2) is 7.63. The maximum absolute atomic E-state index is 13.7. The van der Waals surface area contributed by atoms with E-state index in [0.717, 1.165) is 24.3 Å². The number of aromatic nitrogens is 3. The molecule has 0 aliphatic carbocycles. The van der Waals surface area contributed by atoms with Gasteiger partial charge in [-0.2, -0.15) is 4.39 Å². The van der Waals surface area contributed by atoms with E-state index in [-0.39, 0.29) is 0 Å². The van der Waals surface area contributed by atoms with Crippen LogP contribution in [0.25, 0.3) is 0 Å². The molecule has 0 saturated heterocycles. The van der Waals surface area contributed by atoms with Gasteiger partial charge in [-0.25, -0.2) is 4.98 Å². The summed E-state index contributed by atoms with van der Waals surface area (Å²) in [4.78, 5) is 14.1. The third-order valence-electron chi connectivity index (χ3n) is 2.92. The molecule has 0 radical (unpaired) electrons. The number of hydrogen-bond donors (Lipinski definition) is 2. The van der Waals surface area contributed by atoms with Gasteiger partial charge in [-0.05, 0) is 25.3 Å². The van der Waals surface area contributed by atoms with Crippen LogP contribution in [-0.4, -0.2) is 28.6 Å². The Kier molecular flexibility index (Phi) is 5.56. The molecule has 0 aliphatic rings. The summed E-state index contributed by atoms with van der Waals surface area (Å²) in [5.41, 5.74) is 0.620. The molecule has 21 heavy (non-hydrogen) atoms. The van der Waals surface area contributed by atoms with Crippen LogP contribution in [0.15, 0.2) is 12.1 Å². The summed E-state index contributed by atoms with van der Waals surface area (Å²) in [7, 11) is 1.71. The van der Waals surface area contributed by atoms with Crippen LogP contribution in [0, 0.1) is 5.95 Å². The predicted octanol–water partition coefficient (Wildman–Crippen LogP) is 2.25. The normalized spacial score (nSPS) is 10.4. The lowest BCUT2D eigenvalue weighted by Crippen LogP contribution is -1.99. The first kappa shape index (κ1) is 15.3. The van der Waals surface area contributed by atoms with E-state index in [4.69, 9.17) is 0 Å². The molecule has 2 rings (SSSR count). The van der Waals surface area contributed by atoms with Crippen LogP contribution >= 0.6 is 11.3 Å². The summed E-state index contributed by atoms with van der Waals surface area (Å²) in [6.45, 7) is 0. The molecule has 2 aromatic heterocycles. The van der Waals surface area contributed by atoms with E-state index in [0.29, 0.717) is 29.3 Å². The maximum Gasteiger partial charge on any atom is 0.217 e. The van der Waals surface area contributed by atoms with Crippen LogP contribution in [-0.2, 0) is 17.6 Å². The molecule has 112 valence electrons. The summed E-state index contributed by atoms with van der Waals surface area (Å²) in [5, 5.41) is 14.4. The number of anilines is 2. The molecule has 6 nitrogen and oxygen atoms in total. The van der Waals surface area contributed by atoms with Gasteiger partial charge in [0.2, 0.25) is 17.5 Å². The molecule has 8 heteroatoms. The Morgan fingerprint density at radius 3 is 2.81 bits per heavy atom. The van der Waals surface area contributed by atoms with Gasteiger partial charge in [0.25, 0.3) is 0 Å². The minimum absolute atomic E-state index is 0.421. The average molecular weight is 309 g/mol. The topological polar surface area (TPSA) is 79.8 Å². The van der Waals surface area contributed by atoms with E-state index < -0.39 is 5.95 Å². The van der Waals surface area contributed by atoms with Crippen molar-refractivity contribution in [1.29, 1.82) is 0 Å². The van der Waals surface area contributed by atoms with E-state index in [9.17, 15) is 9.18 Å². The number of nitrogens with one attached hydrogen (secondary N) is 2. The monoisotopic (exact) mass is 309 g/mol. The number of unbranched alkanes of at least 4 members (excludes halogenated alkanes) is 1. The highest BCUT2D eigenvalue weighted by Crippen LogP contribution is 2.18. The summed E-state index contributed by atoms with van der Waals surface area (Å²) in [5.74, 6) is 0.107. The fourth-order valence-corrected chi connectivity index (χ4v) is 2.58. The van der Waals surface area contributed by atoms with Gasteiger partial charge in [0, 0.05) is 19.0 Å². The van der Waals surface area contributed by atoms with Gasteiger partial charge in [-0.1, -0.05) is 17.4 Å². The Hall–Kier alpha value is -2.09. The predicted molar refractivity (Wildman–Crippen MR) is 80.0 cm³/mol. The molecule has 1 amide bonds. The molecule has 0 saturated carbocycles. The SMILES string of the molecule is CNc1ccc(CCCCc2nnc(NC=O)s2)c(F)n1.